The van der Waals surface area contributed by atoms with Crippen molar-refractivity contribution in [3.8, 4) is 5.75 Å². The Hall–Kier alpha value is -3.15. The van der Waals surface area contributed by atoms with Gasteiger partial charge in [-0.2, -0.15) is 0 Å². The van der Waals surface area contributed by atoms with Gasteiger partial charge >= 0.3 is 12.0 Å². The lowest BCUT2D eigenvalue weighted by Crippen LogP contribution is -2.56. The number of urea groups is 1. The van der Waals surface area contributed by atoms with E-state index in [-0.39, 0.29) is 25.1 Å². The van der Waals surface area contributed by atoms with Gasteiger partial charge in [0.15, 0.2) is 0 Å². The maximum absolute atomic E-state index is 13.9. The van der Waals surface area contributed by atoms with Crippen molar-refractivity contribution in [2.45, 2.75) is 31.3 Å². The van der Waals surface area contributed by atoms with Gasteiger partial charge in [0.1, 0.15) is 11.3 Å². The molecule has 2 aliphatic rings. The molecule has 2 aliphatic heterocycles. The molecular weight excluding hydrogens is 568 g/mol. The van der Waals surface area contributed by atoms with E-state index in [1.54, 1.807) is 37.3 Å². The fraction of sp³-hybridized carbons (Fsp3) is 0.360. The summed E-state index contributed by atoms with van der Waals surface area (Å²) in [5.41, 5.74) is 4.92. The van der Waals surface area contributed by atoms with Crippen LogP contribution in [0.2, 0.25) is 5.02 Å². The Labute approximate surface area is 226 Å². The van der Waals surface area contributed by atoms with Gasteiger partial charge in [0.25, 0.3) is 0 Å². The van der Waals surface area contributed by atoms with Crippen molar-refractivity contribution in [2.75, 3.05) is 18.6 Å². The standard InChI is InChI=1S/C25H26BrClN4O6/c1-12-4-6-14(11-16(12)27)31-21(32)18-19(22(31)33)25(23(34)35,8-3-9-29-24(28)36)30-20(18)15-10-13(26)5-7-17(15)37-2/h4-7,10-11,18-20,30H,3,8-9H2,1-2H3,(H,34,35)(H3,28,29,36). The van der Waals surface area contributed by atoms with E-state index in [4.69, 9.17) is 22.1 Å². The van der Waals surface area contributed by atoms with E-state index in [1.165, 1.54) is 13.2 Å². The molecule has 0 spiro atoms. The number of carbonyl (C=O) groups is 4. The normalized spacial score (nSPS) is 24.8. The van der Waals surface area contributed by atoms with E-state index in [2.05, 4.69) is 26.6 Å². The number of aliphatic carboxylic acids is 1. The van der Waals surface area contributed by atoms with Gasteiger partial charge in [0.2, 0.25) is 11.8 Å². The van der Waals surface area contributed by atoms with Crippen LogP contribution in [0.25, 0.3) is 0 Å². The molecule has 2 aromatic carbocycles. The number of imide groups is 1. The Kier molecular flexibility index (Phi) is 7.50. The number of hydrogen-bond acceptors (Lipinski definition) is 6. The van der Waals surface area contributed by atoms with E-state index < -0.39 is 47.2 Å². The van der Waals surface area contributed by atoms with Gasteiger partial charge in [-0.1, -0.05) is 33.6 Å². The summed E-state index contributed by atoms with van der Waals surface area (Å²) in [6.07, 6.45) is 0.156. The number of hydrogen-bond donors (Lipinski definition) is 4. The number of nitrogens with one attached hydrogen (secondary N) is 2. The number of carboxylic acid groups (broad SMARTS) is 1. The summed E-state index contributed by atoms with van der Waals surface area (Å²) >= 11 is 9.71. The van der Waals surface area contributed by atoms with Crippen LogP contribution in [0.15, 0.2) is 40.9 Å². The fourth-order valence-corrected chi connectivity index (χ4v) is 5.86. The minimum atomic E-state index is -1.79. The third-order valence-corrected chi connectivity index (χ3v) is 7.92. The van der Waals surface area contributed by atoms with Gasteiger partial charge in [-0.3, -0.25) is 19.7 Å². The first-order valence-corrected chi connectivity index (χ1v) is 12.7. The van der Waals surface area contributed by atoms with Gasteiger partial charge in [0, 0.05) is 27.6 Å². The molecule has 0 radical (unpaired) electrons. The van der Waals surface area contributed by atoms with Crippen molar-refractivity contribution in [2.24, 2.45) is 17.6 Å². The van der Waals surface area contributed by atoms with Crippen LogP contribution in [-0.2, 0) is 14.4 Å². The molecule has 0 bridgehead atoms. The summed E-state index contributed by atoms with van der Waals surface area (Å²) in [5.74, 6) is -4.26. The number of benzene rings is 2. The molecule has 4 atom stereocenters. The monoisotopic (exact) mass is 592 g/mol. The van der Waals surface area contributed by atoms with Crippen LogP contribution in [0.1, 0.15) is 30.0 Å². The van der Waals surface area contributed by atoms with E-state index >= 15 is 0 Å². The van der Waals surface area contributed by atoms with Crippen molar-refractivity contribution in [1.29, 1.82) is 0 Å². The van der Waals surface area contributed by atoms with E-state index in [0.29, 0.717) is 20.8 Å². The third kappa shape index (κ3) is 4.67. The number of anilines is 1. The number of primary amides is 1. The highest BCUT2D eigenvalue weighted by molar-refractivity contribution is 9.10. The number of fused-ring (bicyclic) bond motifs is 1. The van der Waals surface area contributed by atoms with Crippen molar-refractivity contribution in [3.05, 3.63) is 57.0 Å². The Morgan fingerprint density at radius 1 is 1.24 bits per heavy atom. The number of carboxylic acids is 1. The number of methoxy groups -OCH3 is 1. The molecule has 2 fully saturated rings. The Bertz CT molecular complexity index is 1290. The van der Waals surface area contributed by atoms with Crippen LogP contribution in [0.3, 0.4) is 0 Å². The van der Waals surface area contributed by atoms with Gasteiger partial charge in [-0.25, -0.2) is 9.69 Å². The molecule has 0 saturated carbocycles. The summed E-state index contributed by atoms with van der Waals surface area (Å²) in [6, 6.07) is 8.44. The highest BCUT2D eigenvalue weighted by atomic mass is 79.9. The van der Waals surface area contributed by atoms with Crippen molar-refractivity contribution in [1.82, 2.24) is 10.6 Å². The number of ether oxygens (including phenoxy) is 1. The maximum Gasteiger partial charge on any atom is 0.324 e. The molecule has 4 rings (SSSR count). The SMILES string of the molecule is COc1ccc(Br)cc1C1NC(CCCNC(N)=O)(C(=O)O)C2C(=O)N(c3ccc(C)c(Cl)c3)C(=O)C12. The second-order valence-corrected chi connectivity index (χ2v) is 10.5. The number of nitrogens with two attached hydrogens (primary N) is 1. The lowest BCUT2D eigenvalue weighted by molar-refractivity contribution is -0.149. The largest absolute Gasteiger partial charge is 0.496 e. The predicted octanol–water partition coefficient (Wildman–Crippen LogP) is 3.14. The van der Waals surface area contributed by atoms with Crippen LogP contribution in [0.4, 0.5) is 10.5 Å². The first-order valence-electron chi connectivity index (χ1n) is 11.5. The molecule has 10 nitrogen and oxygen atoms in total. The van der Waals surface area contributed by atoms with Crippen LogP contribution >= 0.6 is 27.5 Å². The summed E-state index contributed by atoms with van der Waals surface area (Å²) in [7, 11) is 1.47. The van der Waals surface area contributed by atoms with Crippen LogP contribution in [0.5, 0.6) is 5.75 Å². The van der Waals surface area contributed by atoms with E-state index in [1.807, 2.05) is 0 Å². The van der Waals surface area contributed by atoms with Crippen molar-refractivity contribution in [3.63, 3.8) is 0 Å². The van der Waals surface area contributed by atoms with Crippen LogP contribution < -0.4 is 26.0 Å². The minimum absolute atomic E-state index is 0.0435. The van der Waals surface area contributed by atoms with Gasteiger partial charge in [0.05, 0.1) is 24.6 Å². The summed E-state index contributed by atoms with van der Waals surface area (Å²) in [6.45, 7) is 1.90. The molecular formula is C25H26BrClN4O6. The summed E-state index contributed by atoms with van der Waals surface area (Å²) in [4.78, 5) is 52.8. The third-order valence-electron chi connectivity index (χ3n) is 7.02. The molecule has 5 N–H and O–H groups in total. The van der Waals surface area contributed by atoms with E-state index in [0.717, 1.165) is 10.5 Å². The lowest BCUT2D eigenvalue weighted by Gasteiger charge is -2.31. The number of rotatable bonds is 8. The summed E-state index contributed by atoms with van der Waals surface area (Å²) < 4.78 is 6.21. The zero-order chi connectivity index (χ0) is 27.1. The minimum Gasteiger partial charge on any atom is -0.496 e. The van der Waals surface area contributed by atoms with Crippen LogP contribution in [0, 0.1) is 18.8 Å². The second-order valence-electron chi connectivity index (χ2n) is 9.13. The average molecular weight is 594 g/mol. The maximum atomic E-state index is 13.9. The molecule has 4 amide bonds. The molecule has 2 heterocycles. The van der Waals surface area contributed by atoms with Gasteiger partial charge < -0.3 is 20.9 Å². The molecule has 12 heteroatoms. The Morgan fingerprint density at radius 3 is 2.59 bits per heavy atom. The highest BCUT2D eigenvalue weighted by Gasteiger charge is 2.68. The molecule has 0 aliphatic carbocycles. The molecule has 2 saturated heterocycles. The van der Waals surface area contributed by atoms with Crippen LogP contribution in [-0.4, -0.2) is 48.1 Å². The zero-order valence-electron chi connectivity index (χ0n) is 20.1. The van der Waals surface area contributed by atoms with E-state index in [9.17, 15) is 24.3 Å². The van der Waals surface area contributed by atoms with Gasteiger partial charge in [-0.15, -0.1) is 0 Å². The number of amides is 4. The average Bonchev–Trinajstić information content (AvgIpc) is 3.32. The number of halogens is 2. The molecule has 0 aromatic heterocycles. The smallest absolute Gasteiger partial charge is 0.324 e. The summed E-state index contributed by atoms with van der Waals surface area (Å²) in [5, 5.41) is 16.4. The lowest BCUT2D eigenvalue weighted by atomic mass is 9.77. The second kappa shape index (κ2) is 10.3. The Morgan fingerprint density at radius 2 is 1.97 bits per heavy atom. The molecule has 196 valence electrons. The van der Waals surface area contributed by atoms with Gasteiger partial charge in [-0.05, 0) is 55.7 Å². The quantitative estimate of drug-likeness (QED) is 0.271. The number of nitrogens with zero attached hydrogens (tertiary/aromatic N) is 1. The number of aryl methyl sites for hydroxylation is 1. The molecule has 4 unspecified atom stereocenters. The number of carbonyl (C=O) groups excluding carboxylic acids is 3. The molecule has 2 aromatic rings. The first kappa shape index (κ1) is 26.9. The predicted molar refractivity (Wildman–Crippen MR) is 139 cm³/mol. The van der Waals surface area contributed by atoms with Crippen molar-refractivity contribution < 1.29 is 29.0 Å². The zero-order valence-corrected chi connectivity index (χ0v) is 22.4. The Balaban J connectivity index is 1.84. The fourth-order valence-electron chi connectivity index (χ4n) is 5.31. The topological polar surface area (TPSA) is 151 Å². The highest BCUT2D eigenvalue weighted by Crippen LogP contribution is 2.53. The van der Waals surface area contributed by atoms with Crippen molar-refractivity contribution >= 4 is 57.0 Å². The molecule has 37 heavy (non-hydrogen) atoms. The first-order chi connectivity index (χ1) is 17.5.